The molecule has 0 unspecified atom stereocenters. The number of nitriles is 1. The van der Waals surface area contributed by atoms with Gasteiger partial charge in [0.1, 0.15) is 0 Å². The molecule has 0 heterocycles. The van der Waals surface area contributed by atoms with Crippen molar-refractivity contribution in [1.29, 1.82) is 5.26 Å². The molecule has 4 heteroatoms. The van der Waals surface area contributed by atoms with E-state index in [1.54, 1.807) is 14.2 Å². The van der Waals surface area contributed by atoms with E-state index in [9.17, 15) is 0 Å². The number of rotatable bonds is 8. The third kappa shape index (κ3) is 4.64. The van der Waals surface area contributed by atoms with E-state index in [-0.39, 0.29) is 0 Å². The van der Waals surface area contributed by atoms with Crippen LogP contribution in [-0.4, -0.2) is 20.8 Å². The molecule has 1 N–H and O–H groups in total. The Labute approximate surface area is 109 Å². The molecule has 0 bridgehead atoms. The first-order valence-corrected chi connectivity index (χ1v) is 6.10. The van der Waals surface area contributed by atoms with Crippen molar-refractivity contribution in [3.63, 3.8) is 0 Å². The van der Waals surface area contributed by atoms with Crippen molar-refractivity contribution >= 4 is 0 Å². The number of ether oxygens (including phenoxy) is 2. The fourth-order valence-corrected chi connectivity index (χ4v) is 1.68. The highest BCUT2D eigenvalue weighted by molar-refractivity contribution is 5.42. The number of nitrogens with one attached hydrogen (secondary N) is 1. The lowest BCUT2D eigenvalue weighted by Gasteiger charge is -2.10. The molecular formula is C14H20N2O2. The molecule has 98 valence electrons. The van der Waals surface area contributed by atoms with Crippen molar-refractivity contribution < 1.29 is 9.47 Å². The highest BCUT2D eigenvalue weighted by Crippen LogP contribution is 2.27. The molecule has 0 aromatic heterocycles. The van der Waals surface area contributed by atoms with Gasteiger partial charge in [-0.15, -0.1) is 0 Å². The van der Waals surface area contributed by atoms with Crippen LogP contribution in [0.5, 0.6) is 11.5 Å². The summed E-state index contributed by atoms with van der Waals surface area (Å²) in [4.78, 5) is 0. The largest absolute Gasteiger partial charge is 0.493 e. The average molecular weight is 248 g/mol. The Hall–Kier alpha value is -1.73. The van der Waals surface area contributed by atoms with Gasteiger partial charge in [-0.2, -0.15) is 5.26 Å². The van der Waals surface area contributed by atoms with Crippen LogP contribution >= 0.6 is 0 Å². The van der Waals surface area contributed by atoms with E-state index in [0.29, 0.717) is 6.42 Å². The Morgan fingerprint density at radius 3 is 2.61 bits per heavy atom. The molecule has 4 nitrogen and oxygen atoms in total. The van der Waals surface area contributed by atoms with E-state index in [1.807, 2.05) is 18.2 Å². The van der Waals surface area contributed by atoms with Gasteiger partial charge in [0, 0.05) is 13.0 Å². The fraction of sp³-hybridized carbons (Fsp3) is 0.500. The summed E-state index contributed by atoms with van der Waals surface area (Å²) < 4.78 is 10.4. The topological polar surface area (TPSA) is 54.3 Å². The first-order valence-electron chi connectivity index (χ1n) is 6.10. The van der Waals surface area contributed by atoms with Gasteiger partial charge in [0.05, 0.1) is 20.3 Å². The highest BCUT2D eigenvalue weighted by Gasteiger charge is 2.03. The first-order chi connectivity index (χ1) is 8.81. The molecule has 0 radical (unpaired) electrons. The molecule has 18 heavy (non-hydrogen) atoms. The summed E-state index contributed by atoms with van der Waals surface area (Å²) in [6.07, 6.45) is 2.62. The molecular weight excluding hydrogens is 228 g/mol. The van der Waals surface area contributed by atoms with E-state index in [2.05, 4.69) is 11.4 Å². The van der Waals surface area contributed by atoms with E-state index in [4.69, 9.17) is 14.7 Å². The monoisotopic (exact) mass is 248 g/mol. The zero-order chi connectivity index (χ0) is 13.2. The second-order valence-corrected chi connectivity index (χ2v) is 3.98. The van der Waals surface area contributed by atoms with Crippen LogP contribution in [0, 0.1) is 11.3 Å². The number of methoxy groups -OCH3 is 2. The summed E-state index contributed by atoms with van der Waals surface area (Å²) in [6, 6.07) is 8.04. The maximum absolute atomic E-state index is 8.41. The van der Waals surface area contributed by atoms with Crippen molar-refractivity contribution in [2.24, 2.45) is 0 Å². The van der Waals surface area contributed by atoms with E-state index in [0.717, 1.165) is 43.0 Å². The van der Waals surface area contributed by atoms with Crippen LogP contribution in [0.4, 0.5) is 0 Å². The fourth-order valence-electron chi connectivity index (χ4n) is 1.68. The lowest BCUT2D eigenvalue weighted by atomic mass is 10.2. The molecule has 0 saturated heterocycles. The molecule has 0 atom stereocenters. The minimum absolute atomic E-state index is 0.637. The van der Waals surface area contributed by atoms with Crippen LogP contribution in [0.3, 0.4) is 0 Å². The molecule has 0 aliphatic carbocycles. The average Bonchev–Trinajstić information content (AvgIpc) is 2.42. The number of hydrogen-bond acceptors (Lipinski definition) is 4. The number of benzene rings is 1. The molecule has 1 aromatic rings. The van der Waals surface area contributed by atoms with Gasteiger partial charge in [-0.3, -0.25) is 0 Å². The molecule has 0 amide bonds. The van der Waals surface area contributed by atoms with Crippen molar-refractivity contribution in [2.45, 2.75) is 25.8 Å². The van der Waals surface area contributed by atoms with E-state index in [1.165, 1.54) is 0 Å². The second kappa shape index (κ2) is 8.37. The van der Waals surface area contributed by atoms with Gasteiger partial charge in [0.15, 0.2) is 11.5 Å². The highest BCUT2D eigenvalue weighted by atomic mass is 16.5. The predicted molar refractivity (Wildman–Crippen MR) is 70.7 cm³/mol. The van der Waals surface area contributed by atoms with Gasteiger partial charge < -0.3 is 14.8 Å². The number of nitrogens with zero attached hydrogens (tertiary/aromatic N) is 1. The lowest BCUT2D eigenvalue weighted by molar-refractivity contribution is 0.354. The van der Waals surface area contributed by atoms with Crippen molar-refractivity contribution in [2.75, 3.05) is 20.8 Å². The SMILES string of the molecule is COc1ccc(CNCCCCC#N)cc1OC. The van der Waals surface area contributed by atoms with Gasteiger partial charge in [0.2, 0.25) is 0 Å². The van der Waals surface area contributed by atoms with Gasteiger partial charge in [-0.25, -0.2) is 0 Å². The Bertz CT molecular complexity index is 399. The van der Waals surface area contributed by atoms with Crippen LogP contribution in [0.1, 0.15) is 24.8 Å². The third-order valence-electron chi connectivity index (χ3n) is 2.67. The molecule has 0 saturated carbocycles. The van der Waals surface area contributed by atoms with Crippen LogP contribution in [0.15, 0.2) is 18.2 Å². The summed E-state index contributed by atoms with van der Waals surface area (Å²) in [5, 5.41) is 11.8. The molecule has 0 aliphatic heterocycles. The summed E-state index contributed by atoms with van der Waals surface area (Å²) in [7, 11) is 3.27. The quantitative estimate of drug-likeness (QED) is 0.718. The maximum Gasteiger partial charge on any atom is 0.161 e. The Morgan fingerprint density at radius 1 is 1.17 bits per heavy atom. The minimum atomic E-state index is 0.637. The molecule has 0 fully saturated rings. The van der Waals surface area contributed by atoms with E-state index < -0.39 is 0 Å². The molecule has 1 aromatic carbocycles. The lowest BCUT2D eigenvalue weighted by Crippen LogP contribution is -2.14. The van der Waals surface area contributed by atoms with Crippen LogP contribution in [-0.2, 0) is 6.54 Å². The van der Waals surface area contributed by atoms with Crippen molar-refractivity contribution in [3.05, 3.63) is 23.8 Å². The third-order valence-corrected chi connectivity index (χ3v) is 2.67. The predicted octanol–water partition coefficient (Wildman–Crippen LogP) is 2.49. The van der Waals surface area contributed by atoms with E-state index >= 15 is 0 Å². The summed E-state index contributed by atoms with van der Waals surface area (Å²) in [5.41, 5.74) is 1.16. The molecule has 1 rings (SSSR count). The first kappa shape index (κ1) is 14.3. The smallest absolute Gasteiger partial charge is 0.161 e. The van der Waals surface area contributed by atoms with Crippen LogP contribution in [0.2, 0.25) is 0 Å². The summed E-state index contributed by atoms with van der Waals surface area (Å²) in [5.74, 6) is 1.50. The van der Waals surface area contributed by atoms with Gasteiger partial charge in [-0.1, -0.05) is 6.07 Å². The normalized spacial score (nSPS) is 9.83. The Kier molecular flexibility index (Phi) is 6.67. The van der Waals surface area contributed by atoms with Crippen LogP contribution < -0.4 is 14.8 Å². The second-order valence-electron chi connectivity index (χ2n) is 3.98. The summed E-state index contributed by atoms with van der Waals surface area (Å²) in [6.45, 7) is 1.73. The van der Waals surface area contributed by atoms with Crippen molar-refractivity contribution in [3.8, 4) is 17.6 Å². The van der Waals surface area contributed by atoms with Gasteiger partial charge in [0.25, 0.3) is 0 Å². The molecule has 0 spiro atoms. The molecule has 0 aliphatic rings. The van der Waals surface area contributed by atoms with Gasteiger partial charge >= 0.3 is 0 Å². The van der Waals surface area contributed by atoms with Gasteiger partial charge in [-0.05, 0) is 37.1 Å². The minimum Gasteiger partial charge on any atom is -0.493 e. The van der Waals surface area contributed by atoms with Crippen molar-refractivity contribution in [1.82, 2.24) is 5.32 Å². The number of unbranched alkanes of at least 4 members (excludes halogenated alkanes) is 2. The Balaban J connectivity index is 2.36. The van der Waals surface area contributed by atoms with Crippen LogP contribution in [0.25, 0.3) is 0 Å². The summed E-state index contributed by atoms with van der Waals surface area (Å²) >= 11 is 0. The zero-order valence-corrected chi connectivity index (χ0v) is 11.0. The maximum atomic E-state index is 8.41. The number of hydrogen-bond donors (Lipinski definition) is 1. The Morgan fingerprint density at radius 2 is 1.94 bits per heavy atom. The zero-order valence-electron chi connectivity index (χ0n) is 11.0. The standard InChI is InChI=1S/C14H20N2O2/c1-17-13-7-6-12(10-14(13)18-2)11-16-9-5-3-4-8-15/h6-7,10,16H,3-5,9,11H2,1-2H3.